The summed E-state index contributed by atoms with van der Waals surface area (Å²) in [4.78, 5) is 20.0. The van der Waals surface area contributed by atoms with Gasteiger partial charge in [0.05, 0.1) is 11.0 Å². The maximum Gasteiger partial charge on any atom is 0.147 e. The first-order chi connectivity index (χ1) is 19.8. The number of fused-ring (bicyclic) bond motifs is 6. The molecule has 3 heterocycles. The van der Waals surface area contributed by atoms with Gasteiger partial charge in [0.25, 0.3) is 0 Å². The third kappa shape index (κ3) is 5.29. The molecule has 0 atom stereocenters. The van der Waals surface area contributed by atoms with E-state index in [-0.39, 0.29) is 0 Å². The molecule has 6 heteroatoms. The molecule has 0 saturated heterocycles. The van der Waals surface area contributed by atoms with Gasteiger partial charge in [0.2, 0.25) is 0 Å². The molecule has 0 bridgehead atoms. The number of rotatable bonds is 6. The van der Waals surface area contributed by atoms with Crippen molar-refractivity contribution in [1.29, 1.82) is 0 Å². The van der Waals surface area contributed by atoms with Crippen molar-refractivity contribution in [3.8, 4) is 22.9 Å². The van der Waals surface area contributed by atoms with Gasteiger partial charge in [-0.3, -0.25) is 9.97 Å². The number of aromatic nitrogens is 4. The van der Waals surface area contributed by atoms with Crippen LogP contribution < -0.4 is 0 Å². The van der Waals surface area contributed by atoms with Crippen LogP contribution in [-0.4, -0.2) is 36.1 Å². The fourth-order valence-corrected chi connectivity index (χ4v) is 18.2. The van der Waals surface area contributed by atoms with Crippen molar-refractivity contribution in [2.45, 2.75) is 116 Å². The minimum absolute atomic E-state index is 0.524. The molecule has 0 unspecified atom stereocenters. The van der Waals surface area contributed by atoms with Crippen molar-refractivity contribution < 1.29 is 0 Å². The first-order valence-electron chi connectivity index (χ1n) is 15.7. The highest BCUT2D eigenvalue weighted by molar-refractivity contribution is 6.91. The van der Waals surface area contributed by atoms with Gasteiger partial charge in [-0.15, -0.1) is 11.1 Å². The topological polar surface area (TPSA) is 51.6 Å². The Hall–Kier alpha value is -3.07. The van der Waals surface area contributed by atoms with E-state index in [0.717, 1.165) is 32.8 Å². The summed E-state index contributed by atoms with van der Waals surface area (Å²) in [5, 5.41) is 1.90. The zero-order valence-corrected chi connectivity index (χ0v) is 29.7. The average Bonchev–Trinajstić information content (AvgIpc) is 2.92. The van der Waals surface area contributed by atoms with Crippen LogP contribution in [0.25, 0.3) is 32.8 Å². The molecule has 0 aliphatic carbocycles. The van der Waals surface area contributed by atoms with E-state index >= 15 is 0 Å². The third-order valence-electron chi connectivity index (χ3n) is 9.77. The average molecular weight is 593 g/mol. The molecule has 0 radical (unpaired) electrons. The first-order valence-corrected chi connectivity index (χ1v) is 20.1. The van der Waals surface area contributed by atoms with Crippen molar-refractivity contribution in [2.24, 2.45) is 0 Å². The molecular weight excluding hydrogens is 545 g/mol. The zero-order valence-electron chi connectivity index (χ0n) is 27.7. The van der Waals surface area contributed by atoms with Crippen molar-refractivity contribution in [3.63, 3.8) is 0 Å². The van der Waals surface area contributed by atoms with Crippen molar-refractivity contribution in [3.05, 3.63) is 48.0 Å². The molecule has 4 rings (SSSR count). The van der Waals surface area contributed by atoms with E-state index in [9.17, 15) is 0 Å². The molecule has 0 fully saturated rings. The Bertz CT molecular complexity index is 1560. The molecule has 4 aromatic rings. The van der Waals surface area contributed by atoms with E-state index in [1.54, 1.807) is 0 Å². The summed E-state index contributed by atoms with van der Waals surface area (Å²) >= 11 is 0. The quantitative estimate of drug-likeness (QED) is 0.127. The van der Waals surface area contributed by atoms with Crippen molar-refractivity contribution >= 4 is 49.0 Å². The molecule has 0 aliphatic heterocycles. The molecule has 0 saturated carbocycles. The van der Waals surface area contributed by atoms with Gasteiger partial charge in [-0.05, 0) is 57.5 Å². The molecule has 0 spiro atoms. The lowest BCUT2D eigenvalue weighted by molar-refractivity contribution is 0.838. The second kappa shape index (κ2) is 12.3. The lowest BCUT2D eigenvalue weighted by Crippen LogP contribution is -2.43. The number of nitrogens with zero attached hydrogens (tertiary/aromatic N) is 4. The number of pyridine rings is 2. The van der Waals surface area contributed by atoms with Crippen LogP contribution in [0.15, 0.2) is 36.7 Å². The molecule has 0 amide bonds. The Labute approximate surface area is 255 Å². The number of benzene rings is 1. The Morgan fingerprint density at radius 2 is 0.786 bits per heavy atom. The predicted octanol–water partition coefficient (Wildman–Crippen LogP) is 9.87. The fraction of sp³-hybridized carbons (Fsp3) is 0.500. The molecule has 0 aliphatic rings. The van der Waals surface area contributed by atoms with Gasteiger partial charge in [0.15, 0.2) is 0 Å². The van der Waals surface area contributed by atoms with E-state index < -0.39 is 16.1 Å². The monoisotopic (exact) mass is 592 g/mol. The van der Waals surface area contributed by atoms with Crippen LogP contribution in [0.4, 0.5) is 0 Å². The maximum atomic E-state index is 5.30. The van der Waals surface area contributed by atoms with E-state index in [4.69, 9.17) is 19.9 Å². The van der Waals surface area contributed by atoms with Gasteiger partial charge in [0, 0.05) is 23.2 Å². The minimum Gasteiger partial charge on any atom is -0.254 e. The van der Waals surface area contributed by atoms with Crippen molar-refractivity contribution in [2.75, 3.05) is 0 Å². The van der Waals surface area contributed by atoms with E-state index in [0.29, 0.717) is 44.6 Å². The number of hydrogen-bond donors (Lipinski definition) is 0. The molecule has 4 nitrogen and oxygen atoms in total. The van der Waals surface area contributed by atoms with Gasteiger partial charge in [0.1, 0.15) is 38.6 Å². The summed E-state index contributed by atoms with van der Waals surface area (Å²) in [7, 11) is -4.00. The smallest absolute Gasteiger partial charge is 0.147 e. The van der Waals surface area contributed by atoms with E-state index in [1.165, 1.54) is 0 Å². The molecule has 220 valence electrons. The van der Waals surface area contributed by atoms with Crippen LogP contribution >= 0.6 is 0 Å². The van der Waals surface area contributed by atoms with Crippen LogP contribution in [0.1, 0.15) is 94.5 Å². The molecule has 3 aromatic heterocycles. The summed E-state index contributed by atoms with van der Waals surface area (Å²) in [5.41, 5.74) is 15.7. The lowest BCUT2D eigenvalue weighted by atomic mass is 10.1. The van der Waals surface area contributed by atoms with Crippen LogP contribution in [0.5, 0.6) is 0 Å². The Balaban J connectivity index is 2.16. The fourth-order valence-electron chi connectivity index (χ4n) is 7.76. The maximum absolute atomic E-state index is 5.30. The highest BCUT2D eigenvalue weighted by atomic mass is 28.3. The highest BCUT2D eigenvalue weighted by Crippen LogP contribution is 2.42. The SMILES string of the molecule is CC(C)[Si](C#Cc1nc2c3cccnc3c3ncccc3c2nc1C#C[Si](C(C)C)(C(C)C)C(C)C)(C(C)C)C(C)C. The largest absolute Gasteiger partial charge is 0.254 e. The second-order valence-electron chi connectivity index (χ2n) is 13.7. The van der Waals surface area contributed by atoms with Gasteiger partial charge >= 0.3 is 0 Å². The highest BCUT2D eigenvalue weighted by Gasteiger charge is 2.43. The first kappa shape index (κ1) is 31.9. The minimum atomic E-state index is -2.00. The van der Waals surface area contributed by atoms with Gasteiger partial charge in [-0.2, -0.15) is 0 Å². The summed E-state index contributed by atoms with van der Waals surface area (Å²) in [6.45, 7) is 28.2. The molecule has 1 aromatic carbocycles. The van der Waals surface area contributed by atoms with Crippen LogP contribution in [0.2, 0.25) is 33.2 Å². The number of hydrogen-bond acceptors (Lipinski definition) is 4. The van der Waals surface area contributed by atoms with E-state index in [2.05, 4.69) is 118 Å². The third-order valence-corrected chi connectivity index (χ3v) is 22.4. The van der Waals surface area contributed by atoms with Crippen LogP contribution in [-0.2, 0) is 0 Å². The summed E-state index contributed by atoms with van der Waals surface area (Å²) in [5.74, 6) is 7.28. The second-order valence-corrected chi connectivity index (χ2v) is 24.9. The zero-order chi connectivity index (χ0) is 31.0. The van der Waals surface area contributed by atoms with Gasteiger partial charge in [-0.1, -0.05) is 94.9 Å². The summed E-state index contributed by atoms with van der Waals surface area (Å²) in [6.07, 6.45) is 3.64. The normalized spacial score (nSPS) is 12.7. The van der Waals surface area contributed by atoms with Crippen molar-refractivity contribution in [1.82, 2.24) is 19.9 Å². The molecule has 0 N–H and O–H groups in total. The van der Waals surface area contributed by atoms with Crippen LogP contribution in [0, 0.1) is 22.9 Å². The van der Waals surface area contributed by atoms with Gasteiger partial charge in [-0.25, -0.2) is 9.97 Å². The Morgan fingerprint density at radius 3 is 1.07 bits per heavy atom. The Morgan fingerprint density at radius 1 is 0.476 bits per heavy atom. The van der Waals surface area contributed by atoms with E-state index in [1.807, 2.05) is 24.5 Å². The predicted molar refractivity (Wildman–Crippen MR) is 186 cm³/mol. The summed E-state index contributed by atoms with van der Waals surface area (Å²) < 4.78 is 0. The Kier molecular flexibility index (Phi) is 9.31. The summed E-state index contributed by atoms with van der Waals surface area (Å²) in [6, 6.07) is 8.05. The molecular formula is C36H48N4Si2. The van der Waals surface area contributed by atoms with Crippen LogP contribution in [0.3, 0.4) is 0 Å². The standard InChI is InChI=1S/C36H48N4Si2/c1-23(2)41(24(3)4,25(5)6)21-17-31-32(18-22-42(26(7)8,27(9)10)28(11)12)40-36-30-16-14-20-38-34(30)33-29(35(36)39-31)15-13-19-37-33/h13-16,19-20,23-28H,1-12H3. The molecule has 42 heavy (non-hydrogen) atoms. The van der Waals surface area contributed by atoms with Gasteiger partial charge < -0.3 is 0 Å². The lowest BCUT2D eigenvalue weighted by Gasteiger charge is -2.38.